The molecule has 0 atom stereocenters. The van der Waals surface area contributed by atoms with Crippen molar-refractivity contribution in [3.63, 3.8) is 0 Å². The average molecular weight is 501 g/mol. The second-order valence-corrected chi connectivity index (χ2v) is 7.16. The summed E-state index contributed by atoms with van der Waals surface area (Å²) in [6.07, 6.45) is 12.1. The van der Waals surface area contributed by atoms with E-state index in [0.717, 1.165) is 12.8 Å². The van der Waals surface area contributed by atoms with E-state index in [1.54, 1.807) is 0 Å². The third-order valence-electron chi connectivity index (χ3n) is 4.28. The molecule has 0 aliphatic heterocycles. The van der Waals surface area contributed by atoms with Crippen molar-refractivity contribution in [1.82, 2.24) is 0 Å². The van der Waals surface area contributed by atoms with Crippen molar-refractivity contribution in [3.8, 4) is 0 Å². The first-order valence-electron chi connectivity index (χ1n) is 10.2. The first-order valence-corrected chi connectivity index (χ1v) is 10.2. The summed E-state index contributed by atoms with van der Waals surface area (Å²) >= 11 is 0. The van der Waals surface area contributed by atoms with Crippen molar-refractivity contribution in [2.45, 2.75) is 102 Å². The van der Waals surface area contributed by atoms with Crippen molar-refractivity contribution < 1.29 is 64.0 Å². The Balaban J connectivity index is -0.0000000601. The van der Waals surface area contributed by atoms with Crippen LogP contribution in [-0.4, -0.2) is 94.5 Å². The van der Waals surface area contributed by atoms with Gasteiger partial charge in [0.15, 0.2) is 5.60 Å². The normalized spacial score (nSPS) is 9.39. The largest absolute Gasteiger partial charge is 2.00 e. The van der Waals surface area contributed by atoms with Gasteiger partial charge in [0, 0.05) is 6.42 Å². The Morgan fingerprint density at radius 3 is 1.15 bits per heavy atom. The standard InChI is InChI=1S/C14H28O2.C6H8O7.Mg.3H2O.2H/c1-2-3-4-5-6-7-8-9-10-11-12-13-14(15)16;7-3(8)1-6(13,5(11)12)2-4(9)10;;;;;;/h2-13H2,1H3,(H,15,16);13H,1-2H2,(H,7,8)(H,9,10)(H,11,12);;3*1H2;;/q;;+2;;;;2*-1. The fourth-order valence-corrected chi connectivity index (χ4v) is 2.65. The molecule has 0 aromatic carbocycles. The SMILES string of the molecule is CCCCCCCCCCCCCC(=O)O.O.O.O.O=C(O)CC(O)(CC(=O)O)C(=O)O.[H-].[H-].[Mg+2]. The number of hydrogen-bond acceptors (Lipinski definition) is 5. The minimum Gasteiger partial charge on any atom is -1.00 e. The zero-order valence-electron chi connectivity index (χ0n) is 21.5. The fourth-order valence-electron chi connectivity index (χ4n) is 2.65. The molecule has 0 amide bonds. The summed E-state index contributed by atoms with van der Waals surface area (Å²) in [6.45, 7) is 2.25. The van der Waals surface area contributed by atoms with Crippen molar-refractivity contribution in [1.29, 1.82) is 0 Å². The molecule has 0 aromatic rings. The van der Waals surface area contributed by atoms with Crippen LogP contribution in [0.15, 0.2) is 0 Å². The number of carboxylic acids is 4. The maximum Gasteiger partial charge on any atom is 2.00 e. The Morgan fingerprint density at radius 2 is 0.909 bits per heavy atom. The number of carbonyl (C=O) groups is 4. The molecule has 0 radical (unpaired) electrons. The molecule has 0 unspecified atom stereocenters. The minimum atomic E-state index is -2.74. The summed E-state index contributed by atoms with van der Waals surface area (Å²) in [6, 6.07) is 0. The van der Waals surface area contributed by atoms with Crippen molar-refractivity contribution in [3.05, 3.63) is 0 Å². The fraction of sp³-hybridized carbons (Fsp3) is 0.800. The Morgan fingerprint density at radius 1 is 0.606 bits per heavy atom. The van der Waals surface area contributed by atoms with E-state index in [-0.39, 0.29) is 42.3 Å². The van der Waals surface area contributed by atoms with E-state index in [9.17, 15) is 19.2 Å². The van der Waals surface area contributed by atoms with Gasteiger partial charge in [-0.1, -0.05) is 71.1 Å². The first-order chi connectivity index (χ1) is 13.5. The molecule has 11 N–H and O–H groups in total. The Hall–Kier alpha value is -1.51. The molecule has 0 saturated carbocycles. The molecular weight excluding hydrogens is 457 g/mol. The molecule has 33 heavy (non-hydrogen) atoms. The van der Waals surface area contributed by atoms with Crippen LogP contribution in [0.5, 0.6) is 0 Å². The number of rotatable bonds is 17. The minimum absolute atomic E-state index is 0. The Bertz CT molecular complexity index is 494. The van der Waals surface area contributed by atoms with Gasteiger partial charge in [0.2, 0.25) is 0 Å². The topological polar surface area (TPSA) is 264 Å². The van der Waals surface area contributed by atoms with E-state index in [2.05, 4.69) is 6.92 Å². The summed E-state index contributed by atoms with van der Waals surface area (Å²) in [4.78, 5) is 40.7. The third-order valence-corrected chi connectivity index (χ3v) is 4.28. The van der Waals surface area contributed by atoms with Crippen LogP contribution in [0.1, 0.15) is 99.7 Å². The number of carboxylic acid groups (broad SMARTS) is 4. The van der Waals surface area contributed by atoms with Crippen LogP contribution in [0, 0.1) is 0 Å². The van der Waals surface area contributed by atoms with E-state index >= 15 is 0 Å². The molecule has 0 fully saturated rings. The smallest absolute Gasteiger partial charge is 1.00 e. The molecule has 0 spiro atoms. The summed E-state index contributed by atoms with van der Waals surface area (Å²) in [7, 11) is 0. The van der Waals surface area contributed by atoms with Gasteiger partial charge in [-0.2, -0.15) is 0 Å². The molecule has 13 heteroatoms. The Kier molecular flexibility index (Phi) is 38.9. The second-order valence-electron chi connectivity index (χ2n) is 7.16. The average Bonchev–Trinajstić information content (AvgIpc) is 2.58. The maximum atomic E-state index is 10.3. The van der Waals surface area contributed by atoms with Gasteiger partial charge >= 0.3 is 46.9 Å². The van der Waals surface area contributed by atoms with Crippen LogP contribution in [0.3, 0.4) is 0 Å². The molecule has 198 valence electrons. The van der Waals surface area contributed by atoms with Gasteiger partial charge in [-0.05, 0) is 6.42 Å². The predicted molar refractivity (Wildman–Crippen MR) is 125 cm³/mol. The van der Waals surface area contributed by atoms with Gasteiger partial charge in [-0.25, -0.2) is 4.79 Å². The Labute approximate surface area is 213 Å². The van der Waals surface area contributed by atoms with E-state index in [0.29, 0.717) is 6.42 Å². The third kappa shape index (κ3) is 32.7. The quantitative estimate of drug-likeness (QED) is 0.140. The maximum absolute atomic E-state index is 10.3. The molecule has 0 aliphatic rings. The van der Waals surface area contributed by atoms with Crippen molar-refractivity contribution >= 4 is 46.9 Å². The summed E-state index contributed by atoms with van der Waals surface area (Å²) in [5.41, 5.74) is -2.74. The van der Waals surface area contributed by atoms with Gasteiger partial charge in [0.05, 0.1) is 12.8 Å². The van der Waals surface area contributed by atoms with Crippen molar-refractivity contribution in [2.75, 3.05) is 0 Å². The molecule has 0 heterocycles. The predicted octanol–water partition coefficient (Wildman–Crippen LogP) is 0.894. The molecule has 0 bridgehead atoms. The van der Waals surface area contributed by atoms with Gasteiger partial charge in [-0.15, -0.1) is 0 Å². The van der Waals surface area contributed by atoms with Crippen LogP contribution < -0.4 is 0 Å². The van der Waals surface area contributed by atoms with Crippen LogP contribution in [0.4, 0.5) is 0 Å². The molecule has 0 aromatic heterocycles. The molecule has 0 saturated heterocycles. The van der Waals surface area contributed by atoms with Gasteiger partial charge in [0.25, 0.3) is 0 Å². The number of aliphatic carboxylic acids is 4. The molecule has 12 nitrogen and oxygen atoms in total. The number of unbranched alkanes of at least 4 members (excludes halogenated alkanes) is 10. The van der Waals surface area contributed by atoms with Crippen LogP contribution >= 0.6 is 0 Å². The van der Waals surface area contributed by atoms with E-state index < -0.39 is 42.3 Å². The van der Waals surface area contributed by atoms with Crippen molar-refractivity contribution in [2.24, 2.45) is 0 Å². The molecular formula is C20H44MgO12. The summed E-state index contributed by atoms with van der Waals surface area (Å²) in [5.74, 6) is -5.68. The summed E-state index contributed by atoms with van der Waals surface area (Å²) < 4.78 is 0. The van der Waals surface area contributed by atoms with Crippen LogP contribution in [0.2, 0.25) is 0 Å². The molecule has 0 rings (SSSR count). The van der Waals surface area contributed by atoms with E-state index in [4.69, 9.17) is 25.5 Å². The first kappa shape index (κ1) is 45.1. The van der Waals surface area contributed by atoms with E-state index in [1.807, 2.05) is 0 Å². The second kappa shape index (κ2) is 28.5. The number of aliphatic hydroxyl groups is 1. The van der Waals surface area contributed by atoms with Crippen LogP contribution in [0.25, 0.3) is 0 Å². The zero-order chi connectivity index (χ0) is 22.7. The van der Waals surface area contributed by atoms with Gasteiger partial charge in [0.1, 0.15) is 0 Å². The van der Waals surface area contributed by atoms with Gasteiger partial charge < -0.3 is 44.8 Å². The monoisotopic (exact) mass is 500 g/mol. The number of hydrogen-bond donors (Lipinski definition) is 5. The van der Waals surface area contributed by atoms with Crippen LogP contribution in [-0.2, 0) is 19.2 Å². The molecule has 0 aliphatic carbocycles. The van der Waals surface area contributed by atoms with E-state index in [1.165, 1.54) is 57.8 Å². The zero-order valence-corrected chi connectivity index (χ0v) is 20.9. The summed E-state index contributed by atoms with van der Waals surface area (Å²) in [5, 5.41) is 42.3. The van der Waals surface area contributed by atoms with Gasteiger partial charge in [-0.3, -0.25) is 14.4 Å².